The van der Waals surface area contributed by atoms with Crippen LogP contribution in [0.2, 0.25) is 0 Å². The molecular weight excluding hydrogens is 622 g/mol. The number of ether oxygens (including phenoxy) is 2. The molecule has 49 heavy (non-hydrogen) atoms. The number of hydrogen-bond acceptors (Lipinski definition) is 9. The number of rotatable bonds is 16. The number of aromatic nitrogens is 2. The van der Waals surface area contributed by atoms with Gasteiger partial charge in [-0.15, -0.1) is 0 Å². The fourth-order valence-corrected chi connectivity index (χ4v) is 4.44. The molecule has 0 saturated carbocycles. The highest BCUT2D eigenvalue weighted by Crippen LogP contribution is 2.31. The Morgan fingerprint density at radius 3 is 1.78 bits per heavy atom. The van der Waals surface area contributed by atoms with Crippen LogP contribution in [0.4, 0.5) is 5.82 Å². The molecule has 0 spiro atoms. The maximum absolute atomic E-state index is 9.64. The van der Waals surface area contributed by atoms with Crippen LogP contribution in [0.1, 0.15) is 36.6 Å². The van der Waals surface area contributed by atoms with Crippen LogP contribution >= 0.6 is 0 Å². The monoisotopic (exact) mass is 673 g/mol. The molecular formula is C38H51N5O6. The average Bonchev–Trinajstić information content (AvgIpc) is 3.11. The van der Waals surface area contributed by atoms with Crippen molar-refractivity contribution in [2.45, 2.75) is 31.9 Å². The van der Waals surface area contributed by atoms with Crippen LogP contribution in [0, 0.1) is 0 Å². The Balaban J connectivity index is 0.000000280. The lowest BCUT2D eigenvalue weighted by Crippen LogP contribution is -2.32. The van der Waals surface area contributed by atoms with Gasteiger partial charge < -0.3 is 34.4 Å². The summed E-state index contributed by atoms with van der Waals surface area (Å²) < 4.78 is 11.4. The molecule has 2 N–H and O–H groups in total. The van der Waals surface area contributed by atoms with Gasteiger partial charge in [0.2, 0.25) is 0 Å². The molecule has 1 atom stereocenters. The molecule has 0 fully saturated rings. The van der Waals surface area contributed by atoms with E-state index in [1.54, 1.807) is 7.11 Å². The van der Waals surface area contributed by atoms with Gasteiger partial charge in [0.25, 0.3) is 0 Å². The maximum atomic E-state index is 9.64. The van der Waals surface area contributed by atoms with Crippen molar-refractivity contribution < 1.29 is 29.3 Å². The van der Waals surface area contributed by atoms with E-state index in [0.29, 0.717) is 6.61 Å². The molecule has 0 aliphatic carbocycles. The molecule has 11 heteroatoms. The molecule has 264 valence electrons. The van der Waals surface area contributed by atoms with E-state index < -0.39 is 17.5 Å². The van der Waals surface area contributed by atoms with E-state index in [1.807, 2.05) is 87.2 Å². The summed E-state index contributed by atoms with van der Waals surface area (Å²) in [5.41, 5.74) is 2.79. The number of pyridine rings is 2. The Morgan fingerprint density at radius 2 is 1.29 bits per heavy atom. The Hall–Kier alpha value is -4.84. The quantitative estimate of drug-likeness (QED) is 0.156. The molecule has 0 bridgehead atoms. The zero-order valence-corrected chi connectivity index (χ0v) is 29.5. The van der Waals surface area contributed by atoms with Crippen LogP contribution in [0.3, 0.4) is 0 Å². The first-order chi connectivity index (χ1) is 23.4. The third kappa shape index (κ3) is 15.7. The number of carboxylic acid groups (broad SMARTS) is 2. The second-order valence-electron chi connectivity index (χ2n) is 11.8. The minimum Gasteiger partial charge on any atom is -0.497 e. The molecule has 0 radical (unpaired) electrons. The summed E-state index contributed by atoms with van der Waals surface area (Å²) in [6.45, 7) is 6.40. The number of aliphatic carboxylic acids is 2. The van der Waals surface area contributed by atoms with Gasteiger partial charge in [-0.2, -0.15) is 0 Å². The van der Waals surface area contributed by atoms with Gasteiger partial charge in [-0.3, -0.25) is 14.6 Å². The number of nitrogens with zero attached hydrogens (tertiary/aromatic N) is 5. The van der Waals surface area contributed by atoms with Crippen LogP contribution < -0.4 is 9.64 Å². The first-order valence-electron chi connectivity index (χ1n) is 16.1. The number of methoxy groups -OCH3 is 1. The van der Waals surface area contributed by atoms with Gasteiger partial charge >= 0.3 is 11.9 Å². The fourth-order valence-electron chi connectivity index (χ4n) is 4.44. The van der Waals surface area contributed by atoms with Crippen molar-refractivity contribution >= 4 is 17.8 Å². The van der Waals surface area contributed by atoms with Crippen molar-refractivity contribution in [2.24, 2.45) is 0 Å². The molecule has 4 rings (SSSR count). The molecule has 1 unspecified atom stereocenters. The van der Waals surface area contributed by atoms with Crippen molar-refractivity contribution in [1.29, 1.82) is 0 Å². The van der Waals surface area contributed by atoms with Gasteiger partial charge in [0.15, 0.2) is 0 Å². The molecule has 2 heterocycles. The number of hydrogen-bond donors (Lipinski definition) is 2. The molecule has 0 aliphatic heterocycles. The Kier molecular flexibility index (Phi) is 18.0. The number of anilines is 1. The summed E-state index contributed by atoms with van der Waals surface area (Å²) in [6.07, 6.45) is 3.06. The first-order valence-corrected chi connectivity index (χ1v) is 16.1. The largest absolute Gasteiger partial charge is 0.497 e. The second-order valence-corrected chi connectivity index (χ2v) is 11.8. The van der Waals surface area contributed by atoms with Gasteiger partial charge in [0, 0.05) is 38.6 Å². The van der Waals surface area contributed by atoms with E-state index in [9.17, 15) is 9.59 Å². The summed E-state index contributed by atoms with van der Waals surface area (Å²) in [6, 6.07) is 30.4. The number of likely N-dealkylation sites (N-methyl/N-ethyl adjacent to an activating group) is 2. The van der Waals surface area contributed by atoms with E-state index in [4.69, 9.17) is 19.7 Å². The van der Waals surface area contributed by atoms with Crippen LogP contribution in [0.5, 0.6) is 5.75 Å². The van der Waals surface area contributed by atoms with E-state index in [2.05, 4.69) is 76.0 Å². The van der Waals surface area contributed by atoms with Crippen molar-refractivity contribution in [3.8, 4) is 5.75 Å². The lowest BCUT2D eigenvalue weighted by Gasteiger charge is -2.30. The lowest BCUT2D eigenvalue weighted by molar-refractivity contribution is -0.143. The molecule has 0 aliphatic rings. The standard InChI is InChI=1S/C17H23N3O.C17H22N2O.C4H6O4/c1-19(2)12-13-20(17-6-4-5-11-18-17)14-15-7-9-16(21-3)10-8-15;1-17(20-14-13-19(2)3,15-9-5-4-6-10-15)16-11-7-8-12-18-16;5-3(6)1-2-4(7)8/h4-11H,12-14H2,1-3H3;4-12H,13-14H2,1-3H3;1-2H2,(H,5,6)(H,7,8). The predicted molar refractivity (Wildman–Crippen MR) is 193 cm³/mol. The van der Waals surface area contributed by atoms with E-state index in [-0.39, 0.29) is 12.8 Å². The summed E-state index contributed by atoms with van der Waals surface area (Å²) in [4.78, 5) is 34.8. The summed E-state index contributed by atoms with van der Waals surface area (Å²) in [5, 5.41) is 15.8. The van der Waals surface area contributed by atoms with Gasteiger partial charge in [-0.05, 0) is 82.6 Å². The number of benzene rings is 2. The van der Waals surface area contributed by atoms with E-state index in [1.165, 1.54) is 5.56 Å². The molecule has 0 amide bonds. The molecule has 2 aromatic carbocycles. The van der Waals surface area contributed by atoms with Crippen LogP contribution in [-0.4, -0.2) is 103 Å². The van der Waals surface area contributed by atoms with E-state index >= 15 is 0 Å². The Labute approximate surface area is 290 Å². The van der Waals surface area contributed by atoms with Crippen LogP contribution in [0.25, 0.3) is 0 Å². The molecule has 11 nitrogen and oxygen atoms in total. The van der Waals surface area contributed by atoms with Gasteiger partial charge in [0.1, 0.15) is 17.2 Å². The molecule has 0 saturated heterocycles. The molecule has 4 aromatic rings. The SMILES string of the molecule is CN(C)CCOC(C)(c1ccccc1)c1ccccn1.COc1ccc(CN(CCN(C)C)c2ccccn2)cc1.O=C(O)CCC(=O)O. The highest BCUT2D eigenvalue weighted by atomic mass is 16.5. The minimum atomic E-state index is -1.08. The van der Waals surface area contributed by atoms with Crippen molar-refractivity contribution in [2.75, 3.05) is 66.4 Å². The van der Waals surface area contributed by atoms with Crippen molar-refractivity contribution in [3.05, 3.63) is 120 Å². The molecule has 2 aromatic heterocycles. The zero-order chi connectivity index (χ0) is 36.1. The summed E-state index contributed by atoms with van der Waals surface area (Å²) in [5.74, 6) is -0.258. The Bertz CT molecular complexity index is 1420. The highest BCUT2D eigenvalue weighted by molar-refractivity contribution is 5.75. The van der Waals surface area contributed by atoms with Gasteiger partial charge in [-0.1, -0.05) is 54.6 Å². The van der Waals surface area contributed by atoms with Crippen LogP contribution in [0.15, 0.2) is 103 Å². The summed E-state index contributed by atoms with van der Waals surface area (Å²) >= 11 is 0. The van der Waals surface area contributed by atoms with Crippen LogP contribution in [-0.2, 0) is 26.5 Å². The maximum Gasteiger partial charge on any atom is 0.303 e. The fraction of sp³-hybridized carbons (Fsp3) is 0.368. The first kappa shape index (κ1) is 40.3. The highest BCUT2D eigenvalue weighted by Gasteiger charge is 2.31. The number of carboxylic acids is 2. The van der Waals surface area contributed by atoms with E-state index in [0.717, 1.165) is 49.0 Å². The third-order valence-corrected chi connectivity index (χ3v) is 7.28. The number of carbonyl (C=O) groups is 2. The summed E-state index contributed by atoms with van der Waals surface area (Å²) in [7, 11) is 9.95. The smallest absolute Gasteiger partial charge is 0.303 e. The van der Waals surface area contributed by atoms with Gasteiger partial charge in [0.05, 0.1) is 32.3 Å². The second kappa shape index (κ2) is 21.9. The lowest BCUT2D eigenvalue weighted by atomic mass is 9.91. The topological polar surface area (TPSA) is 129 Å². The van der Waals surface area contributed by atoms with Gasteiger partial charge in [-0.25, -0.2) is 4.98 Å². The van der Waals surface area contributed by atoms with Crippen molar-refractivity contribution in [3.63, 3.8) is 0 Å². The Morgan fingerprint density at radius 1 is 0.714 bits per heavy atom. The normalized spacial score (nSPS) is 11.8. The zero-order valence-electron chi connectivity index (χ0n) is 29.5. The third-order valence-electron chi connectivity index (χ3n) is 7.28. The minimum absolute atomic E-state index is 0.296. The van der Waals surface area contributed by atoms with Crippen molar-refractivity contribution in [1.82, 2.24) is 19.8 Å². The predicted octanol–water partition coefficient (Wildman–Crippen LogP) is 5.52. The average molecular weight is 674 g/mol.